The van der Waals surface area contributed by atoms with Crippen LogP contribution in [-0.2, 0) is 6.54 Å². The summed E-state index contributed by atoms with van der Waals surface area (Å²) in [6.07, 6.45) is 1.79. The van der Waals surface area contributed by atoms with Gasteiger partial charge < -0.3 is 15.7 Å². The van der Waals surface area contributed by atoms with Crippen LogP contribution in [0.3, 0.4) is 0 Å². The van der Waals surface area contributed by atoms with Gasteiger partial charge in [0, 0.05) is 24.6 Å². The van der Waals surface area contributed by atoms with E-state index >= 15 is 0 Å². The van der Waals surface area contributed by atoms with Crippen LogP contribution in [0.4, 0.5) is 5.69 Å². The van der Waals surface area contributed by atoms with Gasteiger partial charge in [0.05, 0.1) is 11.8 Å². The maximum atomic E-state index is 9.28. The molecule has 1 aliphatic rings. The molecule has 0 spiro atoms. The molecule has 0 radical (unpaired) electrons. The molecule has 4 heteroatoms. The average Bonchev–Trinajstić information content (AvgIpc) is 2.26. The largest absolute Gasteiger partial charge is 0.393 e. The molecule has 1 aromatic rings. The number of nitrogens with two attached hydrogens (primary N) is 1. The Balaban J connectivity index is 2.01. The molecule has 0 unspecified atom stereocenters. The number of aliphatic hydroxyl groups is 1. The summed E-state index contributed by atoms with van der Waals surface area (Å²) in [5.74, 6) is 0.621. The van der Waals surface area contributed by atoms with Gasteiger partial charge in [-0.2, -0.15) is 0 Å². The SMILES string of the molecule is CN(CC1CC(O)C1)c1ccc(CN)cc1Br. The highest BCUT2D eigenvalue weighted by Gasteiger charge is 2.28. The minimum atomic E-state index is -0.0727. The van der Waals surface area contributed by atoms with Gasteiger partial charge in [-0.15, -0.1) is 0 Å². The lowest BCUT2D eigenvalue weighted by Gasteiger charge is -2.35. The third-order valence-electron chi connectivity index (χ3n) is 3.40. The van der Waals surface area contributed by atoms with Crippen molar-refractivity contribution in [2.75, 3.05) is 18.5 Å². The summed E-state index contributed by atoms with van der Waals surface area (Å²) in [5, 5.41) is 9.28. The smallest absolute Gasteiger partial charge is 0.0546 e. The predicted molar refractivity (Wildman–Crippen MR) is 74.0 cm³/mol. The second-order valence-electron chi connectivity index (χ2n) is 4.86. The van der Waals surface area contributed by atoms with E-state index in [1.54, 1.807) is 0 Å². The van der Waals surface area contributed by atoms with Crippen molar-refractivity contribution in [3.63, 3.8) is 0 Å². The molecule has 0 atom stereocenters. The Labute approximate surface area is 111 Å². The maximum Gasteiger partial charge on any atom is 0.0546 e. The zero-order valence-electron chi connectivity index (χ0n) is 10.1. The number of halogens is 1. The number of benzene rings is 1. The van der Waals surface area contributed by atoms with E-state index in [0.717, 1.165) is 29.4 Å². The molecule has 1 aliphatic carbocycles. The number of anilines is 1. The quantitative estimate of drug-likeness (QED) is 0.895. The number of aliphatic hydroxyl groups excluding tert-OH is 1. The van der Waals surface area contributed by atoms with E-state index in [-0.39, 0.29) is 6.10 Å². The monoisotopic (exact) mass is 298 g/mol. The van der Waals surface area contributed by atoms with Crippen LogP contribution in [0.15, 0.2) is 22.7 Å². The van der Waals surface area contributed by atoms with Crippen molar-refractivity contribution in [3.05, 3.63) is 28.2 Å². The molecular formula is C13H19BrN2O. The summed E-state index contributed by atoms with van der Waals surface area (Å²) >= 11 is 3.58. The van der Waals surface area contributed by atoms with Crippen molar-refractivity contribution in [2.45, 2.75) is 25.5 Å². The Morgan fingerprint density at radius 2 is 2.18 bits per heavy atom. The van der Waals surface area contributed by atoms with Crippen molar-refractivity contribution in [2.24, 2.45) is 11.7 Å². The second-order valence-corrected chi connectivity index (χ2v) is 5.72. The van der Waals surface area contributed by atoms with Gasteiger partial charge in [-0.3, -0.25) is 0 Å². The molecule has 0 saturated heterocycles. The number of hydrogen-bond acceptors (Lipinski definition) is 3. The van der Waals surface area contributed by atoms with Crippen LogP contribution in [0, 0.1) is 5.92 Å². The van der Waals surface area contributed by atoms with E-state index in [1.165, 1.54) is 5.69 Å². The van der Waals surface area contributed by atoms with E-state index in [2.05, 4.69) is 46.1 Å². The Bertz CT molecular complexity index is 391. The molecule has 0 amide bonds. The third-order valence-corrected chi connectivity index (χ3v) is 4.04. The van der Waals surface area contributed by atoms with Crippen molar-refractivity contribution >= 4 is 21.6 Å². The molecule has 1 aromatic carbocycles. The molecule has 3 N–H and O–H groups in total. The van der Waals surface area contributed by atoms with Crippen molar-refractivity contribution < 1.29 is 5.11 Å². The van der Waals surface area contributed by atoms with Gasteiger partial charge in [-0.1, -0.05) is 6.07 Å². The number of rotatable bonds is 4. The van der Waals surface area contributed by atoms with Gasteiger partial charge in [-0.05, 0) is 52.4 Å². The first-order chi connectivity index (χ1) is 8.10. The fourth-order valence-electron chi connectivity index (χ4n) is 2.32. The van der Waals surface area contributed by atoms with Crippen molar-refractivity contribution in [1.82, 2.24) is 0 Å². The second kappa shape index (κ2) is 5.38. The molecule has 0 aromatic heterocycles. The van der Waals surface area contributed by atoms with Crippen molar-refractivity contribution in [3.8, 4) is 0 Å². The molecule has 0 heterocycles. The van der Waals surface area contributed by atoms with Crippen LogP contribution in [0.1, 0.15) is 18.4 Å². The summed E-state index contributed by atoms with van der Waals surface area (Å²) in [7, 11) is 2.09. The Kier molecular flexibility index (Phi) is 4.07. The Morgan fingerprint density at radius 3 is 2.71 bits per heavy atom. The normalized spacial score (nSPS) is 23.3. The van der Waals surface area contributed by atoms with Crippen LogP contribution < -0.4 is 10.6 Å². The zero-order valence-corrected chi connectivity index (χ0v) is 11.7. The van der Waals surface area contributed by atoms with Crippen LogP contribution in [0.5, 0.6) is 0 Å². The van der Waals surface area contributed by atoms with E-state index in [0.29, 0.717) is 12.5 Å². The van der Waals surface area contributed by atoms with Crippen LogP contribution in [-0.4, -0.2) is 24.8 Å². The van der Waals surface area contributed by atoms with Gasteiger partial charge in [0.1, 0.15) is 0 Å². The van der Waals surface area contributed by atoms with Gasteiger partial charge in [0.15, 0.2) is 0 Å². The minimum absolute atomic E-state index is 0.0727. The molecule has 1 fully saturated rings. The lowest BCUT2D eigenvalue weighted by atomic mass is 9.82. The fraction of sp³-hybridized carbons (Fsp3) is 0.538. The first-order valence-corrected chi connectivity index (χ1v) is 6.77. The third kappa shape index (κ3) is 3.00. The van der Waals surface area contributed by atoms with Crippen LogP contribution in [0.25, 0.3) is 0 Å². The summed E-state index contributed by atoms with van der Waals surface area (Å²) < 4.78 is 1.09. The fourth-order valence-corrected chi connectivity index (χ4v) is 3.05. The summed E-state index contributed by atoms with van der Waals surface area (Å²) in [4.78, 5) is 2.24. The van der Waals surface area contributed by atoms with E-state index in [4.69, 9.17) is 5.73 Å². The highest BCUT2D eigenvalue weighted by molar-refractivity contribution is 9.10. The number of hydrogen-bond donors (Lipinski definition) is 2. The molecule has 0 aliphatic heterocycles. The summed E-state index contributed by atoms with van der Waals surface area (Å²) in [6.45, 7) is 1.56. The molecule has 1 saturated carbocycles. The van der Waals surface area contributed by atoms with Crippen molar-refractivity contribution in [1.29, 1.82) is 0 Å². The predicted octanol–water partition coefficient (Wildman–Crippen LogP) is 2.11. The zero-order chi connectivity index (χ0) is 12.4. The van der Waals surface area contributed by atoms with Crippen LogP contribution in [0.2, 0.25) is 0 Å². The standard InChI is InChI=1S/C13H19BrN2O/c1-16(8-10-4-11(17)5-10)13-3-2-9(7-15)6-12(13)14/h2-3,6,10-11,17H,4-5,7-8,15H2,1H3. The lowest BCUT2D eigenvalue weighted by Crippen LogP contribution is -2.37. The molecule has 94 valence electrons. The molecule has 3 nitrogen and oxygen atoms in total. The lowest BCUT2D eigenvalue weighted by molar-refractivity contribution is 0.0465. The summed E-state index contributed by atoms with van der Waals surface area (Å²) in [5.41, 5.74) is 7.93. The molecule has 0 bridgehead atoms. The Morgan fingerprint density at radius 1 is 1.47 bits per heavy atom. The summed E-state index contributed by atoms with van der Waals surface area (Å²) in [6, 6.07) is 6.23. The van der Waals surface area contributed by atoms with E-state index in [9.17, 15) is 5.11 Å². The number of nitrogens with zero attached hydrogens (tertiary/aromatic N) is 1. The molecular weight excluding hydrogens is 280 g/mol. The van der Waals surface area contributed by atoms with E-state index in [1.807, 2.05) is 0 Å². The minimum Gasteiger partial charge on any atom is -0.393 e. The molecule has 17 heavy (non-hydrogen) atoms. The van der Waals surface area contributed by atoms with Gasteiger partial charge in [0.2, 0.25) is 0 Å². The molecule has 2 rings (SSSR count). The van der Waals surface area contributed by atoms with Gasteiger partial charge in [0.25, 0.3) is 0 Å². The first-order valence-electron chi connectivity index (χ1n) is 5.98. The topological polar surface area (TPSA) is 49.5 Å². The highest BCUT2D eigenvalue weighted by Crippen LogP contribution is 2.32. The highest BCUT2D eigenvalue weighted by atomic mass is 79.9. The van der Waals surface area contributed by atoms with Gasteiger partial charge in [-0.25, -0.2) is 0 Å². The van der Waals surface area contributed by atoms with E-state index < -0.39 is 0 Å². The van der Waals surface area contributed by atoms with Gasteiger partial charge >= 0.3 is 0 Å². The van der Waals surface area contributed by atoms with Crippen LogP contribution >= 0.6 is 15.9 Å². The first kappa shape index (κ1) is 12.9. The maximum absolute atomic E-state index is 9.28. The Hall–Kier alpha value is -0.580. The average molecular weight is 299 g/mol.